The topological polar surface area (TPSA) is 9.23 Å². The van der Waals surface area contributed by atoms with E-state index < -0.39 is 0 Å². The predicted octanol–water partition coefficient (Wildman–Crippen LogP) is 3.08. The minimum Gasteiger partial charge on any atom is -0.377 e. The molecule has 0 heterocycles. The van der Waals surface area contributed by atoms with Crippen molar-refractivity contribution in [3.8, 4) is 0 Å². The Bertz CT molecular complexity index is 189. The molecule has 0 aromatic rings. The number of ether oxygens (including phenoxy) is 1. The van der Waals surface area contributed by atoms with Gasteiger partial charge in [-0.3, -0.25) is 0 Å². The number of hydrogen-bond acceptors (Lipinski definition) is 1. The normalized spacial score (nSPS) is 17.2. The van der Waals surface area contributed by atoms with Crippen molar-refractivity contribution in [1.29, 1.82) is 0 Å². The molecule has 0 bridgehead atoms. The van der Waals surface area contributed by atoms with Gasteiger partial charge in [0.2, 0.25) is 0 Å². The van der Waals surface area contributed by atoms with Crippen LogP contribution in [-0.4, -0.2) is 13.2 Å². The van der Waals surface area contributed by atoms with E-state index in [1.807, 2.05) is 0 Å². The molecule has 68 valence electrons. The summed E-state index contributed by atoms with van der Waals surface area (Å²) in [5, 5.41) is 0. The molecule has 0 aromatic carbocycles. The fourth-order valence-electron chi connectivity index (χ4n) is 1.24. The number of rotatable bonds is 4. The van der Waals surface area contributed by atoms with E-state index in [0.29, 0.717) is 0 Å². The van der Waals surface area contributed by atoms with Crippen LogP contribution in [0.15, 0.2) is 23.3 Å². The molecule has 1 nitrogen and oxygen atoms in total. The molecule has 1 heteroatoms. The summed E-state index contributed by atoms with van der Waals surface area (Å²) in [6.07, 6.45) is 7.91. The summed E-state index contributed by atoms with van der Waals surface area (Å²) in [7, 11) is 0. The molecule has 0 spiro atoms. The maximum Gasteiger partial charge on any atom is 0.0679 e. The van der Waals surface area contributed by atoms with Crippen molar-refractivity contribution in [2.24, 2.45) is 0 Å². The Balaban J connectivity index is 2.18. The highest BCUT2D eigenvalue weighted by Crippen LogP contribution is 2.16. The second-order valence-corrected chi connectivity index (χ2v) is 3.37. The zero-order chi connectivity index (χ0) is 8.81. The fraction of sp³-hybridized carbons (Fsp3) is 0.636. The third-order valence-electron chi connectivity index (χ3n) is 2.06. The van der Waals surface area contributed by atoms with Crippen molar-refractivity contribution in [3.63, 3.8) is 0 Å². The van der Waals surface area contributed by atoms with Crippen LogP contribution in [0.3, 0.4) is 0 Å². The van der Waals surface area contributed by atoms with Crippen LogP contribution in [0.4, 0.5) is 0 Å². The molecule has 0 aliphatic heterocycles. The van der Waals surface area contributed by atoms with E-state index in [0.717, 1.165) is 32.5 Å². The minimum absolute atomic E-state index is 0.831. The summed E-state index contributed by atoms with van der Waals surface area (Å²) < 4.78 is 5.46. The van der Waals surface area contributed by atoms with E-state index in [4.69, 9.17) is 4.74 Å². The van der Waals surface area contributed by atoms with E-state index in [9.17, 15) is 0 Å². The lowest BCUT2D eigenvalue weighted by Gasteiger charge is -2.11. The van der Waals surface area contributed by atoms with Crippen LogP contribution in [0.2, 0.25) is 0 Å². The van der Waals surface area contributed by atoms with E-state index in [1.54, 1.807) is 0 Å². The maximum absolute atomic E-state index is 5.46. The summed E-state index contributed by atoms with van der Waals surface area (Å²) in [6.45, 7) is 6.04. The van der Waals surface area contributed by atoms with Gasteiger partial charge in [0.15, 0.2) is 0 Å². The Kier molecular flexibility index (Phi) is 4.09. The second-order valence-electron chi connectivity index (χ2n) is 3.37. The largest absolute Gasteiger partial charge is 0.377 e. The second kappa shape index (κ2) is 5.15. The molecule has 12 heavy (non-hydrogen) atoms. The van der Waals surface area contributed by atoms with Crippen LogP contribution in [-0.2, 0) is 4.74 Å². The third-order valence-corrected chi connectivity index (χ3v) is 2.06. The summed E-state index contributed by atoms with van der Waals surface area (Å²) >= 11 is 0. The highest BCUT2D eigenvalue weighted by Gasteiger charge is 2.01. The van der Waals surface area contributed by atoms with E-state index in [1.165, 1.54) is 11.1 Å². The quantitative estimate of drug-likeness (QED) is 0.460. The van der Waals surface area contributed by atoms with Gasteiger partial charge in [-0.2, -0.15) is 0 Å². The third kappa shape index (κ3) is 3.22. The highest BCUT2D eigenvalue weighted by atomic mass is 16.5. The van der Waals surface area contributed by atoms with Crippen LogP contribution in [0, 0.1) is 0 Å². The smallest absolute Gasteiger partial charge is 0.0679 e. The predicted molar refractivity (Wildman–Crippen MR) is 52.2 cm³/mol. The van der Waals surface area contributed by atoms with Gasteiger partial charge >= 0.3 is 0 Å². The Morgan fingerprint density at radius 3 is 2.75 bits per heavy atom. The molecule has 0 unspecified atom stereocenters. The number of hydrogen-bond donors (Lipinski definition) is 0. The first-order valence-corrected chi connectivity index (χ1v) is 4.74. The van der Waals surface area contributed by atoms with Gasteiger partial charge in [-0.15, -0.1) is 0 Å². The molecule has 0 fully saturated rings. The van der Waals surface area contributed by atoms with Crippen LogP contribution < -0.4 is 0 Å². The van der Waals surface area contributed by atoms with Gasteiger partial charge in [-0.25, -0.2) is 0 Å². The fourth-order valence-corrected chi connectivity index (χ4v) is 1.24. The SMILES string of the molecule is CCCOCC1=CCC(C)=CC1. The van der Waals surface area contributed by atoms with E-state index >= 15 is 0 Å². The summed E-state index contributed by atoms with van der Waals surface area (Å²) in [5.74, 6) is 0. The summed E-state index contributed by atoms with van der Waals surface area (Å²) in [5.41, 5.74) is 2.92. The molecule has 0 saturated heterocycles. The zero-order valence-electron chi connectivity index (χ0n) is 8.10. The van der Waals surface area contributed by atoms with Crippen molar-refractivity contribution in [2.45, 2.75) is 33.1 Å². The lowest BCUT2D eigenvalue weighted by atomic mass is 10.0. The molecule has 1 rings (SSSR count). The van der Waals surface area contributed by atoms with Crippen LogP contribution in [0.1, 0.15) is 33.1 Å². The standard InChI is InChI=1S/C11H18O/c1-3-8-12-9-11-6-4-10(2)5-7-11/h4,7H,3,5-6,8-9H2,1-2H3. The number of allylic oxidation sites excluding steroid dienone is 3. The Morgan fingerprint density at radius 1 is 1.33 bits per heavy atom. The molecule has 0 aromatic heterocycles. The van der Waals surface area contributed by atoms with E-state index in [2.05, 4.69) is 26.0 Å². The Hall–Kier alpha value is -0.560. The Labute approximate surface area is 75.1 Å². The van der Waals surface area contributed by atoms with Crippen molar-refractivity contribution in [3.05, 3.63) is 23.3 Å². The zero-order valence-corrected chi connectivity index (χ0v) is 8.10. The minimum atomic E-state index is 0.831. The molecule has 0 amide bonds. The molecular formula is C11H18O. The maximum atomic E-state index is 5.46. The Morgan fingerprint density at radius 2 is 2.17 bits per heavy atom. The van der Waals surface area contributed by atoms with Gasteiger partial charge in [0, 0.05) is 6.61 Å². The first kappa shape index (κ1) is 9.53. The van der Waals surface area contributed by atoms with Gasteiger partial charge in [0.1, 0.15) is 0 Å². The van der Waals surface area contributed by atoms with Gasteiger partial charge in [-0.1, -0.05) is 24.6 Å². The highest BCUT2D eigenvalue weighted by molar-refractivity contribution is 5.20. The average molecular weight is 166 g/mol. The molecule has 0 radical (unpaired) electrons. The lowest BCUT2D eigenvalue weighted by molar-refractivity contribution is 0.155. The lowest BCUT2D eigenvalue weighted by Crippen LogP contribution is -2.01. The van der Waals surface area contributed by atoms with Gasteiger partial charge < -0.3 is 4.74 Å². The molecule has 0 saturated carbocycles. The molecule has 1 aliphatic carbocycles. The first-order chi connectivity index (χ1) is 5.83. The van der Waals surface area contributed by atoms with Gasteiger partial charge in [0.25, 0.3) is 0 Å². The van der Waals surface area contributed by atoms with Crippen molar-refractivity contribution in [1.82, 2.24) is 0 Å². The first-order valence-electron chi connectivity index (χ1n) is 4.74. The summed E-state index contributed by atoms with van der Waals surface area (Å²) in [6, 6.07) is 0. The van der Waals surface area contributed by atoms with E-state index in [-0.39, 0.29) is 0 Å². The van der Waals surface area contributed by atoms with Crippen LogP contribution in [0.5, 0.6) is 0 Å². The molecule has 1 aliphatic rings. The van der Waals surface area contributed by atoms with Crippen molar-refractivity contribution < 1.29 is 4.74 Å². The van der Waals surface area contributed by atoms with Gasteiger partial charge in [0.05, 0.1) is 6.61 Å². The molecular weight excluding hydrogens is 148 g/mol. The average Bonchev–Trinajstić information content (AvgIpc) is 2.09. The van der Waals surface area contributed by atoms with Crippen molar-refractivity contribution in [2.75, 3.05) is 13.2 Å². The summed E-state index contributed by atoms with van der Waals surface area (Å²) in [4.78, 5) is 0. The molecule has 0 atom stereocenters. The molecule has 0 N–H and O–H groups in total. The van der Waals surface area contributed by atoms with Crippen molar-refractivity contribution >= 4 is 0 Å². The van der Waals surface area contributed by atoms with Crippen LogP contribution >= 0.6 is 0 Å². The van der Waals surface area contributed by atoms with Crippen LogP contribution in [0.25, 0.3) is 0 Å². The van der Waals surface area contributed by atoms with Gasteiger partial charge in [-0.05, 0) is 31.8 Å². The monoisotopic (exact) mass is 166 g/mol.